The highest BCUT2D eigenvalue weighted by Crippen LogP contribution is 2.26. The molecule has 1 aliphatic carbocycles. The van der Waals surface area contributed by atoms with Crippen LogP contribution < -0.4 is 15.5 Å². The molecule has 0 saturated heterocycles. The van der Waals surface area contributed by atoms with E-state index in [1.54, 1.807) is 12.1 Å². The first kappa shape index (κ1) is 20.4. The zero-order valence-corrected chi connectivity index (χ0v) is 17.5. The van der Waals surface area contributed by atoms with Crippen molar-refractivity contribution in [2.75, 3.05) is 30.9 Å². The number of rotatable bonds is 6. The van der Waals surface area contributed by atoms with Gasteiger partial charge in [-0.25, -0.2) is 4.98 Å². The molecule has 2 aromatic rings. The largest absolute Gasteiger partial charge is 0.362 e. The zero-order chi connectivity index (χ0) is 20.1. The summed E-state index contributed by atoms with van der Waals surface area (Å²) in [6.07, 6.45) is 6.07. The molecular weight excluding hydrogens is 374 g/mol. The molecule has 28 heavy (non-hydrogen) atoms. The molecule has 1 amide bonds. The van der Waals surface area contributed by atoms with Crippen LogP contribution in [0.15, 0.2) is 30.5 Å². The number of hydrogen-bond donors (Lipinski definition) is 2. The second-order valence-electron chi connectivity index (χ2n) is 7.65. The van der Waals surface area contributed by atoms with Gasteiger partial charge < -0.3 is 15.5 Å². The first-order valence-electron chi connectivity index (χ1n) is 9.74. The van der Waals surface area contributed by atoms with Crippen LogP contribution in [0.4, 0.5) is 11.8 Å². The summed E-state index contributed by atoms with van der Waals surface area (Å²) in [5.41, 5.74) is 1.60. The Kier molecular flexibility index (Phi) is 6.73. The van der Waals surface area contributed by atoms with E-state index in [0.29, 0.717) is 35.0 Å². The van der Waals surface area contributed by atoms with Gasteiger partial charge in [-0.1, -0.05) is 23.7 Å². The van der Waals surface area contributed by atoms with Crippen molar-refractivity contribution in [3.05, 3.63) is 46.6 Å². The van der Waals surface area contributed by atoms with Crippen LogP contribution in [0.1, 0.15) is 41.6 Å². The molecule has 3 rings (SSSR count). The zero-order valence-electron chi connectivity index (χ0n) is 16.7. The van der Waals surface area contributed by atoms with Crippen molar-refractivity contribution in [1.82, 2.24) is 15.3 Å². The number of carbonyl (C=O) groups excluding carboxylic acids is 1. The molecule has 7 heteroatoms. The molecule has 1 aromatic carbocycles. The molecule has 1 heterocycles. The van der Waals surface area contributed by atoms with Gasteiger partial charge in [0.2, 0.25) is 5.95 Å². The van der Waals surface area contributed by atoms with Gasteiger partial charge in [0.05, 0.1) is 10.6 Å². The van der Waals surface area contributed by atoms with Gasteiger partial charge in [0.15, 0.2) is 0 Å². The summed E-state index contributed by atoms with van der Waals surface area (Å²) in [6, 6.07) is 7.51. The van der Waals surface area contributed by atoms with E-state index in [4.69, 9.17) is 11.6 Å². The minimum absolute atomic E-state index is 0.102. The molecule has 1 aliphatic rings. The Morgan fingerprint density at radius 3 is 2.61 bits per heavy atom. The van der Waals surface area contributed by atoms with Crippen LogP contribution in [0.2, 0.25) is 5.02 Å². The van der Waals surface area contributed by atoms with E-state index in [0.717, 1.165) is 37.1 Å². The Balaban J connectivity index is 1.47. The van der Waals surface area contributed by atoms with Gasteiger partial charge in [-0.2, -0.15) is 4.98 Å². The molecule has 1 saturated carbocycles. The third-order valence-electron chi connectivity index (χ3n) is 5.22. The van der Waals surface area contributed by atoms with Crippen LogP contribution in [0.25, 0.3) is 0 Å². The molecule has 0 unspecified atom stereocenters. The second kappa shape index (κ2) is 9.24. The lowest BCUT2D eigenvalue weighted by atomic mass is 9.86. The van der Waals surface area contributed by atoms with Gasteiger partial charge in [-0.3, -0.25) is 4.79 Å². The highest BCUT2D eigenvalue weighted by Gasteiger charge is 2.23. The summed E-state index contributed by atoms with van der Waals surface area (Å²) in [6.45, 7) is 2.70. The Morgan fingerprint density at radius 1 is 1.21 bits per heavy atom. The van der Waals surface area contributed by atoms with Crippen LogP contribution in [0.5, 0.6) is 0 Å². The molecular formula is C21H28ClN5O. The predicted octanol–water partition coefficient (Wildman–Crippen LogP) is 3.91. The van der Waals surface area contributed by atoms with Crippen LogP contribution in [0, 0.1) is 12.8 Å². The minimum Gasteiger partial charge on any atom is -0.362 e. The maximum atomic E-state index is 12.3. The van der Waals surface area contributed by atoms with Crippen molar-refractivity contribution in [2.45, 2.75) is 38.6 Å². The third-order valence-corrected chi connectivity index (χ3v) is 5.55. The number of aromatic nitrogens is 2. The number of nitrogens with zero attached hydrogens (tertiary/aromatic N) is 3. The van der Waals surface area contributed by atoms with E-state index < -0.39 is 0 Å². The molecule has 0 bridgehead atoms. The molecule has 1 fully saturated rings. The monoisotopic (exact) mass is 401 g/mol. The maximum absolute atomic E-state index is 12.3. The highest BCUT2D eigenvalue weighted by atomic mass is 35.5. The molecule has 0 atom stereocenters. The normalized spacial score (nSPS) is 19.1. The Hall–Kier alpha value is -2.34. The summed E-state index contributed by atoms with van der Waals surface area (Å²) in [5, 5.41) is 6.98. The first-order valence-corrected chi connectivity index (χ1v) is 10.1. The minimum atomic E-state index is -0.102. The standard InChI is InChI=1S/C21H28ClN5O/c1-14-12-24-21(26-19(14)27(2)3)25-16-10-8-15(9-11-16)13-23-20(28)17-6-4-5-7-18(17)22/h4-7,12,15-16H,8-11,13H2,1-3H3,(H,23,28)(H,24,25,26)/t15-,16+. The quantitative estimate of drug-likeness (QED) is 0.768. The molecule has 0 radical (unpaired) electrons. The predicted molar refractivity (Wildman–Crippen MR) is 114 cm³/mol. The molecule has 150 valence electrons. The van der Waals surface area contributed by atoms with E-state index >= 15 is 0 Å². The molecule has 6 nitrogen and oxygen atoms in total. The number of benzene rings is 1. The van der Waals surface area contributed by atoms with E-state index in [1.165, 1.54) is 0 Å². The van der Waals surface area contributed by atoms with Crippen molar-refractivity contribution in [2.24, 2.45) is 5.92 Å². The van der Waals surface area contributed by atoms with Gasteiger partial charge in [0.25, 0.3) is 5.91 Å². The van der Waals surface area contributed by atoms with Gasteiger partial charge in [-0.15, -0.1) is 0 Å². The van der Waals surface area contributed by atoms with Gasteiger partial charge in [0, 0.05) is 38.4 Å². The fraction of sp³-hybridized carbons (Fsp3) is 0.476. The lowest BCUT2D eigenvalue weighted by Gasteiger charge is -2.29. The van der Waals surface area contributed by atoms with Gasteiger partial charge >= 0.3 is 0 Å². The fourth-order valence-corrected chi connectivity index (χ4v) is 3.85. The highest BCUT2D eigenvalue weighted by molar-refractivity contribution is 6.33. The average molecular weight is 402 g/mol. The molecule has 0 spiro atoms. The Labute approximate surface area is 171 Å². The number of nitrogens with one attached hydrogen (secondary N) is 2. The van der Waals surface area contributed by atoms with Gasteiger partial charge in [-0.05, 0) is 50.7 Å². The fourth-order valence-electron chi connectivity index (χ4n) is 3.63. The van der Waals surface area contributed by atoms with E-state index in [1.807, 2.05) is 44.2 Å². The Bertz CT molecular complexity index is 818. The smallest absolute Gasteiger partial charge is 0.252 e. The first-order chi connectivity index (χ1) is 13.4. The van der Waals surface area contributed by atoms with Crippen molar-refractivity contribution >= 4 is 29.3 Å². The van der Waals surface area contributed by atoms with Gasteiger partial charge in [0.1, 0.15) is 5.82 Å². The van der Waals surface area contributed by atoms with Crippen LogP contribution in [-0.4, -0.2) is 42.6 Å². The van der Waals surface area contributed by atoms with Crippen molar-refractivity contribution < 1.29 is 4.79 Å². The SMILES string of the molecule is Cc1cnc(N[C@H]2CC[C@@H](CNC(=O)c3ccccc3Cl)CC2)nc1N(C)C. The summed E-state index contributed by atoms with van der Waals surface area (Å²) < 4.78 is 0. The lowest BCUT2D eigenvalue weighted by Crippen LogP contribution is -2.34. The number of halogens is 1. The maximum Gasteiger partial charge on any atom is 0.252 e. The number of anilines is 2. The second-order valence-corrected chi connectivity index (χ2v) is 8.05. The van der Waals surface area contributed by atoms with E-state index in [-0.39, 0.29) is 5.91 Å². The van der Waals surface area contributed by atoms with Crippen LogP contribution in [0.3, 0.4) is 0 Å². The van der Waals surface area contributed by atoms with Crippen molar-refractivity contribution in [3.63, 3.8) is 0 Å². The third kappa shape index (κ3) is 5.13. The van der Waals surface area contributed by atoms with Crippen molar-refractivity contribution in [1.29, 1.82) is 0 Å². The van der Waals surface area contributed by atoms with Crippen molar-refractivity contribution in [3.8, 4) is 0 Å². The molecule has 0 aliphatic heterocycles. The summed E-state index contributed by atoms with van der Waals surface area (Å²) in [4.78, 5) is 23.3. The molecule has 2 N–H and O–H groups in total. The Morgan fingerprint density at radius 2 is 1.93 bits per heavy atom. The summed E-state index contributed by atoms with van der Waals surface area (Å²) in [7, 11) is 3.97. The number of amides is 1. The van der Waals surface area contributed by atoms with E-state index in [9.17, 15) is 4.79 Å². The lowest BCUT2D eigenvalue weighted by molar-refractivity contribution is 0.0943. The van der Waals surface area contributed by atoms with E-state index in [2.05, 4.69) is 20.6 Å². The topological polar surface area (TPSA) is 70.1 Å². The molecule has 1 aromatic heterocycles. The summed E-state index contributed by atoms with van der Waals surface area (Å²) >= 11 is 6.09. The summed E-state index contributed by atoms with van der Waals surface area (Å²) in [5.74, 6) is 2.01. The number of aryl methyl sites for hydroxylation is 1. The number of hydrogen-bond acceptors (Lipinski definition) is 5. The number of carbonyl (C=O) groups is 1. The van der Waals surface area contributed by atoms with Crippen LogP contribution in [-0.2, 0) is 0 Å². The average Bonchev–Trinajstić information content (AvgIpc) is 2.69. The van der Waals surface area contributed by atoms with Crippen LogP contribution >= 0.6 is 11.6 Å².